The summed E-state index contributed by atoms with van der Waals surface area (Å²) in [6, 6.07) is 11.8. The third-order valence-electron chi connectivity index (χ3n) is 3.23. The molecule has 0 aliphatic carbocycles. The van der Waals surface area contributed by atoms with Gasteiger partial charge in [0.2, 0.25) is 0 Å². The highest BCUT2D eigenvalue weighted by atomic mass is 16.3. The van der Waals surface area contributed by atoms with Crippen molar-refractivity contribution in [2.45, 2.75) is 39.2 Å². The van der Waals surface area contributed by atoms with Crippen molar-refractivity contribution in [1.82, 2.24) is 9.78 Å². The van der Waals surface area contributed by atoms with Gasteiger partial charge in [-0.3, -0.25) is 0 Å². The lowest BCUT2D eigenvalue weighted by atomic mass is 10.0. The Bertz CT molecular complexity index is 490. The molecule has 0 amide bonds. The van der Waals surface area contributed by atoms with Crippen LogP contribution in [0.15, 0.2) is 42.6 Å². The van der Waals surface area contributed by atoms with E-state index in [0.29, 0.717) is 5.92 Å². The number of hydrogen-bond donors (Lipinski definition) is 1. The molecule has 2 rings (SSSR count). The zero-order valence-corrected chi connectivity index (χ0v) is 11.7. The summed E-state index contributed by atoms with van der Waals surface area (Å²) in [6.07, 6.45) is 4.41. The summed E-state index contributed by atoms with van der Waals surface area (Å²) < 4.78 is 1.81. The fourth-order valence-electron chi connectivity index (χ4n) is 2.11. The average molecular weight is 258 g/mol. The van der Waals surface area contributed by atoms with Crippen molar-refractivity contribution in [1.29, 1.82) is 0 Å². The lowest BCUT2D eigenvalue weighted by molar-refractivity contribution is 0.157. The Labute approximate surface area is 114 Å². The van der Waals surface area contributed by atoms with Gasteiger partial charge in [0, 0.05) is 6.20 Å². The van der Waals surface area contributed by atoms with Gasteiger partial charge in [0.15, 0.2) is 0 Å². The van der Waals surface area contributed by atoms with Crippen LogP contribution in [-0.4, -0.2) is 14.9 Å². The summed E-state index contributed by atoms with van der Waals surface area (Å²) in [6.45, 7) is 4.41. The molecule has 3 heteroatoms. The third-order valence-corrected chi connectivity index (χ3v) is 3.23. The van der Waals surface area contributed by atoms with Crippen molar-refractivity contribution in [3.8, 4) is 5.69 Å². The summed E-state index contributed by atoms with van der Waals surface area (Å²) >= 11 is 0. The first-order chi connectivity index (χ1) is 9.16. The second kappa shape index (κ2) is 6.53. The largest absolute Gasteiger partial charge is 0.387 e. The molecule has 0 spiro atoms. The van der Waals surface area contributed by atoms with Crippen molar-refractivity contribution in [3.05, 3.63) is 48.3 Å². The number of rotatable bonds is 6. The number of aliphatic hydroxyl groups is 1. The van der Waals surface area contributed by atoms with Gasteiger partial charge >= 0.3 is 0 Å². The standard InChI is InChI=1S/C16H22N2O/c1-13(2)7-6-10-16(19)15-11-12-18(17-15)14-8-4-3-5-9-14/h3-5,8-9,11-13,16,19H,6-7,10H2,1-2H3. The molecule has 1 N–H and O–H groups in total. The highest BCUT2D eigenvalue weighted by Gasteiger charge is 2.11. The monoisotopic (exact) mass is 258 g/mol. The van der Waals surface area contributed by atoms with Crippen LogP contribution in [0.1, 0.15) is 44.9 Å². The maximum absolute atomic E-state index is 10.1. The van der Waals surface area contributed by atoms with E-state index in [-0.39, 0.29) is 0 Å². The predicted octanol–water partition coefficient (Wildman–Crippen LogP) is 3.73. The van der Waals surface area contributed by atoms with Gasteiger partial charge in [-0.1, -0.05) is 44.9 Å². The van der Waals surface area contributed by atoms with E-state index >= 15 is 0 Å². The molecule has 1 atom stereocenters. The van der Waals surface area contributed by atoms with Gasteiger partial charge in [-0.15, -0.1) is 0 Å². The van der Waals surface area contributed by atoms with E-state index in [2.05, 4.69) is 18.9 Å². The van der Waals surface area contributed by atoms with E-state index in [9.17, 15) is 5.11 Å². The number of benzene rings is 1. The van der Waals surface area contributed by atoms with E-state index in [1.165, 1.54) is 0 Å². The molecule has 0 fully saturated rings. The number of para-hydroxylation sites is 1. The zero-order chi connectivity index (χ0) is 13.7. The van der Waals surface area contributed by atoms with Gasteiger partial charge in [-0.05, 0) is 30.5 Å². The molecule has 2 aromatic rings. The molecule has 3 nitrogen and oxygen atoms in total. The molecule has 1 aromatic carbocycles. The molecule has 102 valence electrons. The quantitative estimate of drug-likeness (QED) is 0.857. The Kier molecular flexibility index (Phi) is 4.74. The molecule has 19 heavy (non-hydrogen) atoms. The predicted molar refractivity (Wildman–Crippen MR) is 77.2 cm³/mol. The third kappa shape index (κ3) is 3.93. The molecule has 0 aliphatic heterocycles. The van der Waals surface area contributed by atoms with Crippen LogP contribution in [0.25, 0.3) is 5.69 Å². The normalized spacial score (nSPS) is 12.8. The molecule has 0 radical (unpaired) electrons. The number of aromatic nitrogens is 2. The Morgan fingerprint density at radius 2 is 1.84 bits per heavy atom. The molecule has 1 heterocycles. The summed E-state index contributed by atoms with van der Waals surface area (Å²) in [5.74, 6) is 0.689. The topological polar surface area (TPSA) is 38.0 Å². The second-order valence-electron chi connectivity index (χ2n) is 5.36. The summed E-state index contributed by atoms with van der Waals surface area (Å²) in [7, 11) is 0. The van der Waals surface area contributed by atoms with E-state index in [4.69, 9.17) is 0 Å². The van der Waals surface area contributed by atoms with E-state index in [1.807, 2.05) is 42.6 Å². The van der Waals surface area contributed by atoms with Crippen LogP contribution in [0.3, 0.4) is 0 Å². The minimum absolute atomic E-state index is 0.455. The Morgan fingerprint density at radius 1 is 1.11 bits per heavy atom. The van der Waals surface area contributed by atoms with Crippen molar-refractivity contribution in [2.24, 2.45) is 5.92 Å². The van der Waals surface area contributed by atoms with Crippen molar-refractivity contribution >= 4 is 0 Å². The summed E-state index contributed by atoms with van der Waals surface area (Å²) in [5, 5.41) is 14.6. The first kappa shape index (κ1) is 13.8. The average Bonchev–Trinajstić information content (AvgIpc) is 2.89. The number of nitrogens with zero attached hydrogens (tertiary/aromatic N) is 2. The van der Waals surface area contributed by atoms with Gasteiger partial charge in [0.05, 0.1) is 17.5 Å². The molecule has 0 saturated carbocycles. The maximum atomic E-state index is 10.1. The lowest BCUT2D eigenvalue weighted by Gasteiger charge is -2.09. The molecule has 0 bridgehead atoms. The van der Waals surface area contributed by atoms with E-state index < -0.39 is 6.10 Å². The second-order valence-corrected chi connectivity index (χ2v) is 5.36. The number of hydrogen-bond acceptors (Lipinski definition) is 2. The highest BCUT2D eigenvalue weighted by Crippen LogP contribution is 2.20. The first-order valence-electron chi connectivity index (χ1n) is 6.96. The van der Waals surface area contributed by atoms with Gasteiger partial charge in [0.1, 0.15) is 0 Å². The Hall–Kier alpha value is -1.61. The minimum Gasteiger partial charge on any atom is -0.387 e. The first-order valence-corrected chi connectivity index (χ1v) is 6.96. The van der Waals surface area contributed by atoms with Gasteiger partial charge < -0.3 is 5.11 Å². The van der Waals surface area contributed by atoms with Crippen molar-refractivity contribution in [3.63, 3.8) is 0 Å². The molecule has 1 aromatic heterocycles. The zero-order valence-electron chi connectivity index (χ0n) is 11.7. The molecular weight excluding hydrogens is 236 g/mol. The fourth-order valence-corrected chi connectivity index (χ4v) is 2.11. The fraction of sp³-hybridized carbons (Fsp3) is 0.438. The van der Waals surface area contributed by atoms with Crippen LogP contribution < -0.4 is 0 Å². The summed E-state index contributed by atoms with van der Waals surface area (Å²) in [5.41, 5.74) is 1.77. The minimum atomic E-state index is -0.455. The molecule has 1 unspecified atom stereocenters. The van der Waals surface area contributed by atoms with E-state index in [1.54, 1.807) is 4.68 Å². The Morgan fingerprint density at radius 3 is 2.53 bits per heavy atom. The van der Waals surface area contributed by atoms with Crippen LogP contribution >= 0.6 is 0 Å². The van der Waals surface area contributed by atoms with Gasteiger partial charge in [0.25, 0.3) is 0 Å². The molecule has 0 saturated heterocycles. The van der Waals surface area contributed by atoms with Crippen LogP contribution in [0.4, 0.5) is 0 Å². The lowest BCUT2D eigenvalue weighted by Crippen LogP contribution is -2.02. The van der Waals surface area contributed by atoms with Crippen molar-refractivity contribution in [2.75, 3.05) is 0 Å². The maximum Gasteiger partial charge on any atom is 0.0978 e. The number of aliphatic hydroxyl groups excluding tert-OH is 1. The molecule has 0 aliphatic rings. The van der Waals surface area contributed by atoms with Crippen LogP contribution in [-0.2, 0) is 0 Å². The van der Waals surface area contributed by atoms with Gasteiger partial charge in [-0.25, -0.2) is 4.68 Å². The smallest absolute Gasteiger partial charge is 0.0978 e. The van der Waals surface area contributed by atoms with Crippen molar-refractivity contribution < 1.29 is 5.11 Å². The highest BCUT2D eigenvalue weighted by molar-refractivity contribution is 5.30. The SMILES string of the molecule is CC(C)CCCC(O)c1ccn(-c2ccccc2)n1. The van der Waals surface area contributed by atoms with Crippen LogP contribution in [0.5, 0.6) is 0 Å². The van der Waals surface area contributed by atoms with Crippen LogP contribution in [0.2, 0.25) is 0 Å². The van der Waals surface area contributed by atoms with Gasteiger partial charge in [-0.2, -0.15) is 5.10 Å². The Balaban J connectivity index is 1.97. The summed E-state index contributed by atoms with van der Waals surface area (Å²) in [4.78, 5) is 0. The van der Waals surface area contributed by atoms with Crippen LogP contribution in [0, 0.1) is 5.92 Å². The van der Waals surface area contributed by atoms with E-state index in [0.717, 1.165) is 30.6 Å². The molecular formula is C16H22N2O.